The van der Waals surface area contributed by atoms with Crippen LogP contribution in [0.1, 0.15) is 17.3 Å². The Balaban J connectivity index is 2.57. The molecule has 0 amide bonds. The molecule has 0 bridgehead atoms. The van der Waals surface area contributed by atoms with E-state index in [-0.39, 0.29) is 5.56 Å². The van der Waals surface area contributed by atoms with E-state index in [9.17, 15) is 13.2 Å². The molecule has 0 nitrogen and oxygen atoms in total. The minimum Gasteiger partial charge on any atom is -0.234 e. The molecular formula is C10H6F3. The molecule has 13 heavy (non-hydrogen) atoms. The summed E-state index contributed by atoms with van der Waals surface area (Å²) < 4.78 is 38.9. The zero-order chi connectivity index (χ0) is 9.42. The van der Waals surface area contributed by atoms with Crippen molar-refractivity contribution < 1.29 is 13.2 Å². The van der Waals surface area contributed by atoms with Crippen LogP contribution in [-0.4, -0.2) is 0 Å². The van der Waals surface area contributed by atoms with Gasteiger partial charge in [-0.25, -0.2) is 13.2 Å². The lowest BCUT2D eigenvalue weighted by molar-refractivity contribution is 0.321. The highest BCUT2D eigenvalue weighted by Crippen LogP contribution is 2.36. The van der Waals surface area contributed by atoms with Crippen LogP contribution in [0, 0.1) is 12.2 Å². The first-order valence-electron chi connectivity index (χ1n) is 3.83. The van der Waals surface area contributed by atoms with Gasteiger partial charge in [-0.2, -0.15) is 0 Å². The Labute approximate surface area is 73.7 Å². The van der Waals surface area contributed by atoms with E-state index >= 15 is 0 Å². The van der Waals surface area contributed by atoms with Gasteiger partial charge in [0.15, 0.2) is 6.17 Å². The van der Waals surface area contributed by atoms with E-state index in [1.165, 1.54) is 12.5 Å². The average Bonchev–Trinajstić information content (AvgIpc) is 2.12. The number of halogens is 3. The Morgan fingerprint density at radius 2 is 1.92 bits per heavy atom. The van der Waals surface area contributed by atoms with E-state index in [2.05, 4.69) is 0 Å². The lowest BCUT2D eigenvalue weighted by atomic mass is 9.94. The molecule has 1 aromatic carbocycles. The zero-order valence-corrected chi connectivity index (χ0v) is 6.60. The Hall–Kier alpha value is -1.25. The van der Waals surface area contributed by atoms with Gasteiger partial charge in [0.2, 0.25) is 0 Å². The van der Waals surface area contributed by atoms with Crippen LogP contribution < -0.4 is 0 Å². The van der Waals surface area contributed by atoms with E-state index < -0.39 is 17.8 Å². The molecule has 2 rings (SSSR count). The predicted molar refractivity (Wildman–Crippen MR) is 42.8 cm³/mol. The Bertz CT molecular complexity index is 368. The van der Waals surface area contributed by atoms with Gasteiger partial charge < -0.3 is 0 Å². The molecule has 3 heteroatoms. The highest BCUT2D eigenvalue weighted by molar-refractivity contribution is 5.45. The van der Waals surface area contributed by atoms with Crippen molar-refractivity contribution in [1.29, 1.82) is 0 Å². The number of allylic oxidation sites excluding steroid dienone is 2. The SMILES string of the molecule is FC1=C[CH]c2cccc(F)c2C1F. The molecule has 1 aromatic rings. The van der Waals surface area contributed by atoms with Gasteiger partial charge in [-0.05, 0) is 17.7 Å². The van der Waals surface area contributed by atoms with Gasteiger partial charge in [0.25, 0.3) is 0 Å². The topological polar surface area (TPSA) is 0 Å². The number of benzene rings is 1. The van der Waals surface area contributed by atoms with Crippen molar-refractivity contribution >= 4 is 0 Å². The van der Waals surface area contributed by atoms with E-state index in [1.807, 2.05) is 0 Å². The lowest BCUT2D eigenvalue weighted by Crippen LogP contribution is -2.05. The third kappa shape index (κ3) is 1.24. The Morgan fingerprint density at radius 1 is 1.15 bits per heavy atom. The summed E-state index contributed by atoms with van der Waals surface area (Å²) >= 11 is 0. The van der Waals surface area contributed by atoms with Gasteiger partial charge in [0, 0.05) is 12.0 Å². The molecule has 0 heterocycles. The van der Waals surface area contributed by atoms with E-state index in [0.717, 1.165) is 12.1 Å². The molecule has 0 aromatic heterocycles. The Kier molecular flexibility index (Phi) is 1.87. The second kappa shape index (κ2) is 2.91. The molecule has 0 saturated carbocycles. The number of rotatable bonds is 0. The van der Waals surface area contributed by atoms with Crippen molar-refractivity contribution in [3.05, 3.63) is 53.5 Å². The van der Waals surface area contributed by atoms with Crippen molar-refractivity contribution in [3.8, 4) is 0 Å². The second-order valence-corrected chi connectivity index (χ2v) is 2.82. The summed E-state index contributed by atoms with van der Waals surface area (Å²) in [5.74, 6) is -1.65. The van der Waals surface area contributed by atoms with Crippen LogP contribution in [0.15, 0.2) is 30.1 Å². The summed E-state index contributed by atoms with van der Waals surface area (Å²) in [4.78, 5) is 0. The van der Waals surface area contributed by atoms with Crippen LogP contribution >= 0.6 is 0 Å². The summed E-state index contributed by atoms with van der Waals surface area (Å²) in [6.45, 7) is 0. The summed E-state index contributed by atoms with van der Waals surface area (Å²) in [5, 5.41) is 0. The molecule has 1 radical (unpaired) electrons. The summed E-state index contributed by atoms with van der Waals surface area (Å²) in [5.41, 5.74) is 0.191. The highest BCUT2D eigenvalue weighted by atomic mass is 19.2. The van der Waals surface area contributed by atoms with Gasteiger partial charge in [-0.1, -0.05) is 12.1 Å². The molecule has 0 aliphatic heterocycles. The van der Waals surface area contributed by atoms with Crippen LogP contribution in [0.5, 0.6) is 0 Å². The standard InChI is InChI=1S/C10H6F3/c11-7-3-1-2-6-4-5-8(12)10(13)9(6)7/h1-5,10H. The summed E-state index contributed by atoms with van der Waals surface area (Å²) in [6, 6.07) is 4.14. The summed E-state index contributed by atoms with van der Waals surface area (Å²) in [7, 11) is 0. The quantitative estimate of drug-likeness (QED) is 0.579. The van der Waals surface area contributed by atoms with Crippen LogP contribution in [0.2, 0.25) is 0 Å². The van der Waals surface area contributed by atoms with Crippen molar-refractivity contribution in [3.63, 3.8) is 0 Å². The van der Waals surface area contributed by atoms with Crippen molar-refractivity contribution in [2.24, 2.45) is 0 Å². The normalized spacial score (nSPS) is 20.8. The number of alkyl halides is 1. The maximum absolute atomic E-state index is 13.1. The molecular weight excluding hydrogens is 177 g/mol. The first-order valence-corrected chi connectivity index (χ1v) is 3.83. The van der Waals surface area contributed by atoms with Gasteiger partial charge in [0.1, 0.15) is 11.6 Å². The third-order valence-corrected chi connectivity index (χ3v) is 2.00. The van der Waals surface area contributed by atoms with Crippen molar-refractivity contribution in [2.45, 2.75) is 6.17 Å². The fourth-order valence-corrected chi connectivity index (χ4v) is 1.36. The smallest absolute Gasteiger partial charge is 0.179 e. The summed E-state index contributed by atoms with van der Waals surface area (Å²) in [6.07, 6.45) is 0.428. The maximum atomic E-state index is 13.1. The largest absolute Gasteiger partial charge is 0.234 e. The fraction of sp³-hybridized carbons (Fsp3) is 0.100. The minimum atomic E-state index is -1.96. The molecule has 1 aliphatic rings. The number of hydrogen-bond acceptors (Lipinski definition) is 0. The lowest BCUT2D eigenvalue weighted by Gasteiger charge is -2.16. The second-order valence-electron chi connectivity index (χ2n) is 2.82. The van der Waals surface area contributed by atoms with Crippen LogP contribution in [0.3, 0.4) is 0 Å². The predicted octanol–water partition coefficient (Wildman–Crippen LogP) is 3.26. The maximum Gasteiger partial charge on any atom is 0.179 e. The first-order chi connectivity index (χ1) is 6.20. The third-order valence-electron chi connectivity index (χ3n) is 2.00. The Morgan fingerprint density at radius 3 is 2.69 bits per heavy atom. The molecule has 1 aliphatic carbocycles. The molecule has 0 spiro atoms. The molecule has 1 atom stereocenters. The number of hydrogen-bond donors (Lipinski definition) is 0. The molecule has 0 fully saturated rings. The van der Waals surface area contributed by atoms with Crippen LogP contribution in [0.25, 0.3) is 0 Å². The van der Waals surface area contributed by atoms with Crippen molar-refractivity contribution in [2.75, 3.05) is 0 Å². The molecule has 1 unspecified atom stereocenters. The van der Waals surface area contributed by atoms with Crippen molar-refractivity contribution in [1.82, 2.24) is 0 Å². The van der Waals surface area contributed by atoms with E-state index in [0.29, 0.717) is 5.56 Å². The van der Waals surface area contributed by atoms with Gasteiger partial charge in [0.05, 0.1) is 0 Å². The minimum absolute atomic E-state index is 0.206. The van der Waals surface area contributed by atoms with Gasteiger partial charge in [-0.3, -0.25) is 0 Å². The zero-order valence-electron chi connectivity index (χ0n) is 6.60. The monoisotopic (exact) mass is 183 g/mol. The molecule has 67 valence electrons. The van der Waals surface area contributed by atoms with Gasteiger partial charge >= 0.3 is 0 Å². The number of fused-ring (bicyclic) bond motifs is 1. The first kappa shape index (κ1) is 8.35. The van der Waals surface area contributed by atoms with Gasteiger partial charge in [-0.15, -0.1) is 0 Å². The average molecular weight is 183 g/mol. The molecule has 0 N–H and O–H groups in total. The van der Waals surface area contributed by atoms with Crippen LogP contribution in [0.4, 0.5) is 13.2 Å². The van der Waals surface area contributed by atoms with E-state index in [4.69, 9.17) is 0 Å². The fourth-order valence-electron chi connectivity index (χ4n) is 1.36. The van der Waals surface area contributed by atoms with Crippen LogP contribution in [-0.2, 0) is 0 Å². The highest BCUT2D eigenvalue weighted by Gasteiger charge is 2.26. The van der Waals surface area contributed by atoms with E-state index in [1.54, 1.807) is 6.07 Å². The molecule has 0 saturated heterocycles.